The molecule has 5 heterocycles. The van der Waals surface area contributed by atoms with Gasteiger partial charge in [-0.05, 0) is 55.3 Å². The Kier molecular flexibility index (Phi) is 8.13. The number of fused-ring (bicyclic) bond motifs is 1. The first kappa shape index (κ1) is 28.9. The number of carbonyl (C=O) groups is 2. The molecular weight excluding hydrogens is 576 g/mol. The van der Waals surface area contributed by atoms with Crippen molar-refractivity contribution in [2.75, 3.05) is 80.8 Å². The van der Waals surface area contributed by atoms with Crippen molar-refractivity contribution in [3.05, 3.63) is 48.0 Å². The van der Waals surface area contributed by atoms with E-state index in [1.54, 1.807) is 11.0 Å². The summed E-state index contributed by atoms with van der Waals surface area (Å²) in [4.78, 5) is 53.1. The number of aromatic amines is 1. The van der Waals surface area contributed by atoms with E-state index in [-0.39, 0.29) is 17.7 Å². The summed E-state index contributed by atoms with van der Waals surface area (Å²) in [6.45, 7) is 6.55. The number of aromatic nitrogens is 5. The summed E-state index contributed by atoms with van der Waals surface area (Å²) in [5, 5.41) is 3.32. The number of carbonyl (C=O) groups excluding carboxylic acids is 2. The number of morpholine rings is 2. The van der Waals surface area contributed by atoms with Crippen LogP contribution in [0.25, 0.3) is 22.4 Å². The lowest BCUT2D eigenvalue weighted by molar-refractivity contribution is -0.123. The van der Waals surface area contributed by atoms with Crippen molar-refractivity contribution in [1.82, 2.24) is 29.8 Å². The fraction of sp³-hybridized carbons (Fsp3) is 0.419. The molecule has 3 saturated heterocycles. The summed E-state index contributed by atoms with van der Waals surface area (Å²) >= 11 is 0. The molecule has 4 aromatic rings. The molecule has 234 valence electrons. The van der Waals surface area contributed by atoms with Crippen LogP contribution < -0.4 is 20.9 Å². The Labute approximate surface area is 259 Å². The quantitative estimate of drug-likeness (QED) is 0.280. The number of imidazole rings is 1. The molecule has 7 rings (SSSR count). The van der Waals surface area contributed by atoms with E-state index in [0.29, 0.717) is 81.6 Å². The van der Waals surface area contributed by atoms with E-state index < -0.39 is 0 Å². The molecule has 0 atom stereocenters. The Morgan fingerprint density at radius 3 is 2.02 bits per heavy atom. The van der Waals surface area contributed by atoms with Crippen LogP contribution in [0.4, 0.5) is 23.5 Å². The Balaban J connectivity index is 1.06. The van der Waals surface area contributed by atoms with Crippen LogP contribution in [0.15, 0.2) is 42.5 Å². The van der Waals surface area contributed by atoms with Crippen LogP contribution >= 0.6 is 0 Å². The smallest absolute Gasteiger partial charge is 0.253 e. The number of primary amides is 1. The van der Waals surface area contributed by atoms with Crippen LogP contribution in [-0.2, 0) is 14.3 Å². The monoisotopic (exact) mass is 612 g/mol. The number of ether oxygens (including phenoxy) is 2. The molecule has 2 aromatic carbocycles. The number of nitrogens with zero attached hydrogens (tertiary/aromatic N) is 7. The molecule has 0 spiro atoms. The molecule has 3 aliphatic heterocycles. The maximum absolute atomic E-state index is 13.1. The number of anilines is 4. The number of hydrogen-bond acceptors (Lipinski definition) is 11. The number of amides is 2. The lowest BCUT2D eigenvalue weighted by Gasteiger charge is -2.30. The number of H-pyrrole nitrogens is 1. The van der Waals surface area contributed by atoms with E-state index in [1.807, 2.05) is 36.4 Å². The minimum absolute atomic E-state index is 0.0635. The van der Waals surface area contributed by atoms with Gasteiger partial charge in [-0.3, -0.25) is 9.59 Å². The van der Waals surface area contributed by atoms with Gasteiger partial charge >= 0.3 is 0 Å². The molecule has 0 saturated carbocycles. The number of rotatable bonds is 7. The van der Waals surface area contributed by atoms with Gasteiger partial charge in [-0.2, -0.15) is 15.0 Å². The third-order valence-electron chi connectivity index (χ3n) is 8.52. The topological polar surface area (TPSA) is 168 Å². The molecule has 0 radical (unpaired) electrons. The van der Waals surface area contributed by atoms with Crippen LogP contribution in [0.5, 0.6) is 0 Å². The Hall–Kier alpha value is -4.82. The first-order valence-electron chi connectivity index (χ1n) is 15.4. The molecule has 0 bridgehead atoms. The van der Waals surface area contributed by atoms with Crippen molar-refractivity contribution in [3.8, 4) is 11.4 Å². The summed E-state index contributed by atoms with van der Waals surface area (Å²) in [5.41, 5.74) is 9.22. The van der Waals surface area contributed by atoms with Gasteiger partial charge in [0.25, 0.3) is 5.91 Å². The summed E-state index contributed by atoms with van der Waals surface area (Å²) in [6, 6.07) is 13.3. The number of hydrogen-bond donors (Lipinski definition) is 3. The highest BCUT2D eigenvalue weighted by Crippen LogP contribution is 2.26. The first-order valence-corrected chi connectivity index (χ1v) is 15.4. The zero-order chi connectivity index (χ0) is 30.8. The van der Waals surface area contributed by atoms with Crippen molar-refractivity contribution in [1.29, 1.82) is 0 Å². The predicted octanol–water partition coefficient (Wildman–Crippen LogP) is 2.17. The van der Waals surface area contributed by atoms with E-state index in [9.17, 15) is 9.59 Å². The Bertz CT molecular complexity index is 1640. The second kappa shape index (κ2) is 12.7. The summed E-state index contributed by atoms with van der Waals surface area (Å²) in [7, 11) is 0. The summed E-state index contributed by atoms with van der Waals surface area (Å²) < 4.78 is 11.1. The zero-order valence-corrected chi connectivity index (χ0v) is 24.9. The minimum Gasteiger partial charge on any atom is -0.378 e. The van der Waals surface area contributed by atoms with Gasteiger partial charge in [0.1, 0.15) is 0 Å². The molecule has 45 heavy (non-hydrogen) atoms. The SMILES string of the molecule is NC(=O)C1CCN(C(=O)c2ccc3nc(Nc4ccc(-c5nc(N6CCOCC6)nc(N6CCOCC6)n5)cc4)[nH]c3c2)CC1. The third-order valence-corrected chi connectivity index (χ3v) is 8.52. The molecule has 3 aliphatic rings. The van der Waals surface area contributed by atoms with Gasteiger partial charge in [0.05, 0.1) is 37.5 Å². The van der Waals surface area contributed by atoms with Crippen LogP contribution in [0.2, 0.25) is 0 Å². The van der Waals surface area contributed by atoms with Crippen LogP contribution in [0.1, 0.15) is 23.2 Å². The maximum atomic E-state index is 13.1. The maximum Gasteiger partial charge on any atom is 0.253 e. The molecule has 4 N–H and O–H groups in total. The standard InChI is InChI=1S/C31H36N10O4/c32-26(42)20-7-9-39(10-8-20)28(43)22-3-6-24-25(19-22)35-29(34-24)33-23-4-1-21(2-5-23)27-36-30(40-11-15-44-16-12-40)38-31(37-27)41-13-17-45-18-14-41/h1-6,19-20H,7-18H2,(H2,32,42)(H2,33,34,35). The van der Waals surface area contributed by atoms with Crippen molar-refractivity contribution >= 4 is 46.4 Å². The third kappa shape index (κ3) is 6.37. The average Bonchev–Trinajstić information content (AvgIpc) is 3.50. The van der Waals surface area contributed by atoms with E-state index in [1.165, 1.54) is 0 Å². The van der Waals surface area contributed by atoms with Crippen LogP contribution in [0, 0.1) is 5.92 Å². The van der Waals surface area contributed by atoms with Crippen molar-refractivity contribution in [2.24, 2.45) is 11.7 Å². The van der Waals surface area contributed by atoms with E-state index in [4.69, 9.17) is 30.2 Å². The fourth-order valence-electron chi connectivity index (χ4n) is 5.88. The molecule has 0 aliphatic carbocycles. The number of nitrogens with one attached hydrogen (secondary N) is 2. The lowest BCUT2D eigenvalue weighted by atomic mass is 9.96. The lowest BCUT2D eigenvalue weighted by Crippen LogP contribution is -2.41. The first-order chi connectivity index (χ1) is 22.0. The number of piperidine rings is 1. The summed E-state index contributed by atoms with van der Waals surface area (Å²) in [6.07, 6.45) is 1.19. The molecule has 14 heteroatoms. The average molecular weight is 613 g/mol. The van der Waals surface area contributed by atoms with Crippen molar-refractivity contribution in [3.63, 3.8) is 0 Å². The predicted molar refractivity (Wildman–Crippen MR) is 169 cm³/mol. The van der Waals surface area contributed by atoms with E-state index in [2.05, 4.69) is 25.1 Å². The molecule has 2 aromatic heterocycles. The second-order valence-electron chi connectivity index (χ2n) is 11.4. The van der Waals surface area contributed by atoms with Crippen LogP contribution in [0.3, 0.4) is 0 Å². The van der Waals surface area contributed by atoms with Crippen molar-refractivity contribution in [2.45, 2.75) is 12.8 Å². The second-order valence-corrected chi connectivity index (χ2v) is 11.4. The Morgan fingerprint density at radius 2 is 1.42 bits per heavy atom. The largest absolute Gasteiger partial charge is 0.378 e. The van der Waals surface area contributed by atoms with Crippen LogP contribution in [-0.4, -0.2) is 107 Å². The Morgan fingerprint density at radius 1 is 0.800 bits per heavy atom. The molecule has 2 amide bonds. The van der Waals surface area contributed by atoms with Gasteiger partial charge in [0.15, 0.2) is 5.82 Å². The number of benzene rings is 2. The van der Waals surface area contributed by atoms with Gasteiger partial charge in [-0.25, -0.2) is 4.98 Å². The highest BCUT2D eigenvalue weighted by atomic mass is 16.5. The van der Waals surface area contributed by atoms with Gasteiger partial charge in [0.2, 0.25) is 23.8 Å². The van der Waals surface area contributed by atoms with E-state index in [0.717, 1.165) is 48.5 Å². The van der Waals surface area contributed by atoms with Gasteiger partial charge in [0, 0.05) is 62.0 Å². The van der Waals surface area contributed by atoms with Gasteiger partial charge < -0.3 is 40.2 Å². The zero-order valence-electron chi connectivity index (χ0n) is 24.9. The molecular formula is C31H36N10O4. The highest BCUT2D eigenvalue weighted by Gasteiger charge is 2.27. The normalized spacial score (nSPS) is 17.9. The fourth-order valence-corrected chi connectivity index (χ4v) is 5.88. The molecule has 3 fully saturated rings. The summed E-state index contributed by atoms with van der Waals surface area (Å²) in [5.74, 6) is 1.96. The number of nitrogens with two attached hydrogens (primary N) is 1. The molecule has 0 unspecified atom stereocenters. The van der Waals surface area contributed by atoms with E-state index >= 15 is 0 Å². The minimum atomic E-state index is -0.294. The number of likely N-dealkylation sites (tertiary alicyclic amines) is 1. The van der Waals surface area contributed by atoms with Crippen molar-refractivity contribution < 1.29 is 19.1 Å². The molecule has 14 nitrogen and oxygen atoms in total. The van der Waals surface area contributed by atoms with Gasteiger partial charge in [-0.1, -0.05) is 0 Å². The van der Waals surface area contributed by atoms with Gasteiger partial charge in [-0.15, -0.1) is 0 Å². The highest BCUT2D eigenvalue weighted by molar-refractivity contribution is 5.97.